The van der Waals surface area contributed by atoms with Crippen LogP contribution in [0.1, 0.15) is 12.8 Å². The van der Waals surface area contributed by atoms with Gasteiger partial charge in [-0.1, -0.05) is 0 Å². The topological polar surface area (TPSA) is 74.4 Å². The van der Waals surface area contributed by atoms with Crippen LogP contribution in [0, 0.1) is 5.82 Å². The lowest BCUT2D eigenvalue weighted by Gasteiger charge is -2.42. The third-order valence-electron chi connectivity index (χ3n) is 6.24. The maximum Gasteiger partial charge on any atom is 0.248 e. The van der Waals surface area contributed by atoms with E-state index in [4.69, 9.17) is 9.47 Å². The molecule has 3 aliphatic heterocycles. The van der Waals surface area contributed by atoms with Crippen molar-refractivity contribution in [1.82, 2.24) is 20.0 Å². The first-order valence-corrected chi connectivity index (χ1v) is 11.1. The first-order chi connectivity index (χ1) is 15.1. The molecule has 3 saturated heterocycles. The number of nitrogens with one attached hydrogen (secondary N) is 1. The van der Waals surface area contributed by atoms with Crippen LogP contribution in [-0.2, 0) is 14.3 Å². The summed E-state index contributed by atoms with van der Waals surface area (Å²) in [7, 11) is 0. The second kappa shape index (κ2) is 10.4. The summed E-state index contributed by atoms with van der Waals surface area (Å²) in [5, 5.41) is 3.26. The Hall–Kier alpha value is -2.23. The number of rotatable bonds is 6. The molecule has 9 heteroatoms. The molecule has 8 nitrogen and oxygen atoms in total. The highest BCUT2D eigenvalue weighted by atomic mass is 19.1. The number of piperidine rings is 1. The number of likely N-dealkylation sites (tertiary alicyclic amines) is 1. The lowest BCUT2D eigenvalue weighted by Crippen LogP contribution is -2.56. The predicted octanol–water partition coefficient (Wildman–Crippen LogP) is 0.328. The highest BCUT2D eigenvalue weighted by Crippen LogP contribution is 2.21. The monoisotopic (exact) mass is 434 g/mol. The van der Waals surface area contributed by atoms with E-state index in [1.807, 2.05) is 9.80 Å². The largest absolute Gasteiger partial charge is 0.491 e. The number of nitrogens with zero attached hydrogens (tertiary/aromatic N) is 3. The number of hydrogen-bond acceptors (Lipinski definition) is 6. The van der Waals surface area contributed by atoms with Gasteiger partial charge in [0, 0.05) is 45.3 Å². The first kappa shape index (κ1) is 22.0. The Kier molecular flexibility index (Phi) is 7.37. The second-order valence-electron chi connectivity index (χ2n) is 8.38. The van der Waals surface area contributed by atoms with Crippen LogP contribution in [0.3, 0.4) is 0 Å². The van der Waals surface area contributed by atoms with Gasteiger partial charge in [0.15, 0.2) is 0 Å². The third kappa shape index (κ3) is 5.93. The summed E-state index contributed by atoms with van der Waals surface area (Å²) >= 11 is 0. The van der Waals surface area contributed by atoms with Crippen LogP contribution in [0.4, 0.5) is 4.39 Å². The Labute approximate surface area is 182 Å². The average Bonchev–Trinajstić information content (AvgIpc) is 2.81. The number of carbonyl (C=O) groups is 2. The molecule has 0 aliphatic carbocycles. The van der Waals surface area contributed by atoms with Gasteiger partial charge in [-0.3, -0.25) is 14.5 Å². The van der Waals surface area contributed by atoms with Crippen LogP contribution >= 0.6 is 0 Å². The van der Waals surface area contributed by atoms with Gasteiger partial charge in [-0.05, 0) is 37.1 Å². The average molecular weight is 435 g/mol. The molecule has 1 N–H and O–H groups in total. The Bertz CT molecular complexity index is 748. The SMILES string of the molecule is O=C(CN1CCC(N2CC(COc3ccc(F)cc3)OCC2=O)CC1)N1CCNCC1. The van der Waals surface area contributed by atoms with E-state index in [0.717, 1.165) is 52.1 Å². The van der Waals surface area contributed by atoms with Gasteiger partial charge in [0.1, 0.15) is 30.9 Å². The molecule has 3 fully saturated rings. The van der Waals surface area contributed by atoms with E-state index in [9.17, 15) is 14.0 Å². The highest BCUT2D eigenvalue weighted by Gasteiger charge is 2.34. The van der Waals surface area contributed by atoms with Crippen molar-refractivity contribution in [2.75, 3.05) is 65.6 Å². The number of carbonyl (C=O) groups excluding carboxylic acids is 2. The van der Waals surface area contributed by atoms with Gasteiger partial charge in [0.25, 0.3) is 0 Å². The molecular weight excluding hydrogens is 403 g/mol. The van der Waals surface area contributed by atoms with E-state index >= 15 is 0 Å². The van der Waals surface area contributed by atoms with Crippen LogP contribution in [-0.4, -0.2) is 104 Å². The molecule has 1 aromatic rings. The van der Waals surface area contributed by atoms with Crippen LogP contribution in [0.5, 0.6) is 5.75 Å². The molecule has 3 aliphatic rings. The fourth-order valence-corrected chi connectivity index (χ4v) is 4.41. The Balaban J connectivity index is 1.22. The predicted molar refractivity (Wildman–Crippen MR) is 112 cm³/mol. The van der Waals surface area contributed by atoms with Crippen molar-refractivity contribution in [2.24, 2.45) is 0 Å². The van der Waals surface area contributed by atoms with E-state index in [-0.39, 0.29) is 36.4 Å². The van der Waals surface area contributed by atoms with Gasteiger partial charge in [-0.2, -0.15) is 0 Å². The zero-order chi connectivity index (χ0) is 21.6. The Morgan fingerprint density at radius 2 is 1.84 bits per heavy atom. The molecule has 31 heavy (non-hydrogen) atoms. The van der Waals surface area contributed by atoms with Crippen molar-refractivity contribution in [3.8, 4) is 5.75 Å². The van der Waals surface area contributed by atoms with Gasteiger partial charge in [0.2, 0.25) is 11.8 Å². The minimum Gasteiger partial charge on any atom is -0.491 e. The number of morpholine rings is 1. The molecule has 170 valence electrons. The maximum atomic E-state index is 13.0. The molecule has 3 heterocycles. The molecule has 0 saturated carbocycles. The number of ether oxygens (including phenoxy) is 2. The van der Waals surface area contributed by atoms with Crippen LogP contribution < -0.4 is 10.1 Å². The molecule has 0 radical (unpaired) electrons. The number of piperazine rings is 1. The standard InChI is InChI=1S/C22H31FN4O4/c23-17-1-3-19(4-2-17)30-15-20-13-27(22(29)16-31-20)18-5-9-25(10-6-18)14-21(28)26-11-7-24-8-12-26/h1-4,18,20,24H,5-16H2. The summed E-state index contributed by atoms with van der Waals surface area (Å²) in [5.74, 6) is 0.476. The highest BCUT2D eigenvalue weighted by molar-refractivity contribution is 5.79. The fraction of sp³-hybridized carbons (Fsp3) is 0.636. The summed E-state index contributed by atoms with van der Waals surface area (Å²) in [5.41, 5.74) is 0. The summed E-state index contributed by atoms with van der Waals surface area (Å²) in [6.45, 7) is 6.21. The molecule has 1 unspecified atom stereocenters. The zero-order valence-electron chi connectivity index (χ0n) is 17.8. The first-order valence-electron chi connectivity index (χ1n) is 11.1. The van der Waals surface area contributed by atoms with Crippen molar-refractivity contribution >= 4 is 11.8 Å². The van der Waals surface area contributed by atoms with Gasteiger partial charge in [0.05, 0.1) is 13.1 Å². The quantitative estimate of drug-likeness (QED) is 0.696. The van der Waals surface area contributed by atoms with Crippen LogP contribution in [0.2, 0.25) is 0 Å². The van der Waals surface area contributed by atoms with Crippen LogP contribution in [0.15, 0.2) is 24.3 Å². The number of benzene rings is 1. The molecule has 0 spiro atoms. The zero-order valence-corrected chi connectivity index (χ0v) is 17.8. The molecule has 4 rings (SSSR count). The van der Waals surface area contributed by atoms with E-state index in [2.05, 4.69) is 10.2 Å². The second-order valence-corrected chi connectivity index (χ2v) is 8.38. The molecular formula is C22H31FN4O4. The summed E-state index contributed by atoms with van der Waals surface area (Å²) in [4.78, 5) is 31.0. The summed E-state index contributed by atoms with van der Waals surface area (Å²) < 4.78 is 24.4. The maximum absolute atomic E-state index is 13.0. The van der Waals surface area contributed by atoms with Crippen molar-refractivity contribution in [1.29, 1.82) is 0 Å². The van der Waals surface area contributed by atoms with Crippen molar-refractivity contribution in [3.05, 3.63) is 30.1 Å². The van der Waals surface area contributed by atoms with Gasteiger partial charge in [-0.15, -0.1) is 0 Å². The summed E-state index contributed by atoms with van der Waals surface area (Å²) in [6, 6.07) is 6.04. The van der Waals surface area contributed by atoms with E-state index in [1.54, 1.807) is 12.1 Å². The summed E-state index contributed by atoms with van der Waals surface area (Å²) in [6.07, 6.45) is 1.49. The lowest BCUT2D eigenvalue weighted by atomic mass is 10.0. The van der Waals surface area contributed by atoms with Crippen molar-refractivity contribution in [2.45, 2.75) is 25.0 Å². The van der Waals surface area contributed by atoms with Crippen LogP contribution in [0.25, 0.3) is 0 Å². The molecule has 1 atom stereocenters. The Morgan fingerprint density at radius 1 is 1.13 bits per heavy atom. The lowest BCUT2D eigenvalue weighted by molar-refractivity contribution is -0.155. The van der Waals surface area contributed by atoms with E-state index < -0.39 is 0 Å². The molecule has 1 aromatic carbocycles. The van der Waals surface area contributed by atoms with E-state index in [1.165, 1.54) is 12.1 Å². The molecule has 0 aromatic heterocycles. The van der Waals surface area contributed by atoms with Gasteiger partial charge < -0.3 is 24.6 Å². The smallest absolute Gasteiger partial charge is 0.248 e. The third-order valence-corrected chi connectivity index (χ3v) is 6.24. The minimum atomic E-state index is -0.306. The van der Waals surface area contributed by atoms with Gasteiger partial charge >= 0.3 is 0 Å². The van der Waals surface area contributed by atoms with Crippen molar-refractivity contribution < 1.29 is 23.5 Å². The van der Waals surface area contributed by atoms with E-state index in [0.29, 0.717) is 25.4 Å². The minimum absolute atomic E-state index is 0.00775. The number of amides is 2. The fourth-order valence-electron chi connectivity index (χ4n) is 4.41. The number of hydrogen-bond donors (Lipinski definition) is 1. The Morgan fingerprint density at radius 3 is 2.55 bits per heavy atom. The molecule has 0 bridgehead atoms. The molecule has 2 amide bonds. The number of halogens is 1. The van der Waals surface area contributed by atoms with Gasteiger partial charge in [-0.25, -0.2) is 4.39 Å². The normalized spacial score (nSPS) is 23.8. The van der Waals surface area contributed by atoms with Crippen molar-refractivity contribution in [3.63, 3.8) is 0 Å².